The molecule has 120 valence electrons. The van der Waals surface area contributed by atoms with E-state index in [0.717, 1.165) is 16.7 Å². The molecule has 0 saturated carbocycles. The standard InChI is InChI=1S/C19H21NO3/c1-3-23-19(22)12-18(20)17-6-4-5-16(11-17)15-9-7-14(8-10-15)13(2)21/h4-11,18H,3,12,20H2,1-2H3. The van der Waals surface area contributed by atoms with Crippen LogP contribution in [0.25, 0.3) is 11.1 Å². The fourth-order valence-corrected chi connectivity index (χ4v) is 2.36. The Balaban J connectivity index is 2.19. The molecular formula is C19H21NO3. The minimum atomic E-state index is -0.398. The summed E-state index contributed by atoms with van der Waals surface area (Å²) in [7, 11) is 0. The highest BCUT2D eigenvalue weighted by atomic mass is 16.5. The lowest BCUT2D eigenvalue weighted by atomic mass is 9.97. The first-order chi connectivity index (χ1) is 11.0. The molecule has 0 bridgehead atoms. The van der Waals surface area contributed by atoms with Crippen LogP contribution in [0.15, 0.2) is 48.5 Å². The average Bonchev–Trinajstić information content (AvgIpc) is 2.55. The van der Waals surface area contributed by atoms with Crippen LogP contribution in [-0.2, 0) is 9.53 Å². The fourth-order valence-electron chi connectivity index (χ4n) is 2.36. The van der Waals surface area contributed by atoms with Crippen molar-refractivity contribution in [3.63, 3.8) is 0 Å². The molecule has 2 rings (SSSR count). The van der Waals surface area contributed by atoms with E-state index in [1.807, 2.05) is 48.5 Å². The van der Waals surface area contributed by atoms with Gasteiger partial charge in [-0.05, 0) is 36.6 Å². The summed E-state index contributed by atoms with van der Waals surface area (Å²) in [5.41, 5.74) is 9.65. The molecule has 0 spiro atoms. The molecule has 0 radical (unpaired) electrons. The highest BCUT2D eigenvalue weighted by Gasteiger charge is 2.13. The molecule has 0 aromatic heterocycles. The minimum absolute atomic E-state index is 0.0433. The van der Waals surface area contributed by atoms with E-state index in [1.54, 1.807) is 13.8 Å². The molecule has 1 atom stereocenters. The summed E-state index contributed by atoms with van der Waals surface area (Å²) in [6.07, 6.45) is 0.153. The Morgan fingerprint density at radius 3 is 2.39 bits per heavy atom. The Morgan fingerprint density at radius 1 is 1.09 bits per heavy atom. The van der Waals surface area contributed by atoms with Gasteiger partial charge < -0.3 is 10.5 Å². The van der Waals surface area contributed by atoms with Crippen LogP contribution in [0.4, 0.5) is 0 Å². The zero-order valence-corrected chi connectivity index (χ0v) is 13.4. The maximum Gasteiger partial charge on any atom is 0.307 e. The van der Waals surface area contributed by atoms with Crippen LogP contribution in [0.3, 0.4) is 0 Å². The number of hydrogen-bond acceptors (Lipinski definition) is 4. The number of nitrogens with two attached hydrogens (primary N) is 1. The number of Topliss-reactive ketones (excluding diaryl/α,β-unsaturated/α-hetero) is 1. The first-order valence-corrected chi connectivity index (χ1v) is 7.63. The zero-order valence-electron chi connectivity index (χ0n) is 13.4. The van der Waals surface area contributed by atoms with Crippen LogP contribution < -0.4 is 5.73 Å². The van der Waals surface area contributed by atoms with E-state index >= 15 is 0 Å². The summed E-state index contributed by atoms with van der Waals surface area (Å²) < 4.78 is 4.93. The number of carbonyl (C=O) groups is 2. The number of ketones is 1. The van der Waals surface area contributed by atoms with Gasteiger partial charge in [0.2, 0.25) is 0 Å². The topological polar surface area (TPSA) is 69.4 Å². The van der Waals surface area contributed by atoms with Gasteiger partial charge in [-0.25, -0.2) is 0 Å². The van der Waals surface area contributed by atoms with E-state index in [0.29, 0.717) is 12.2 Å². The molecule has 0 aliphatic carbocycles. The van der Waals surface area contributed by atoms with Crippen molar-refractivity contribution < 1.29 is 14.3 Å². The second kappa shape index (κ2) is 7.70. The van der Waals surface area contributed by atoms with E-state index in [4.69, 9.17) is 10.5 Å². The summed E-state index contributed by atoms with van der Waals surface area (Å²) in [5.74, 6) is -0.252. The van der Waals surface area contributed by atoms with Crippen molar-refractivity contribution in [1.29, 1.82) is 0 Å². The lowest BCUT2D eigenvalue weighted by Crippen LogP contribution is -2.17. The summed E-state index contributed by atoms with van der Waals surface area (Å²) in [6, 6.07) is 14.8. The fraction of sp³-hybridized carbons (Fsp3) is 0.263. The third-order valence-electron chi connectivity index (χ3n) is 3.63. The van der Waals surface area contributed by atoms with E-state index in [9.17, 15) is 9.59 Å². The van der Waals surface area contributed by atoms with Gasteiger partial charge in [-0.15, -0.1) is 0 Å². The van der Waals surface area contributed by atoms with Crippen LogP contribution in [-0.4, -0.2) is 18.4 Å². The Hall–Kier alpha value is -2.46. The molecule has 2 N–H and O–H groups in total. The molecule has 0 aliphatic heterocycles. The van der Waals surface area contributed by atoms with Crippen LogP contribution in [0.2, 0.25) is 0 Å². The Morgan fingerprint density at radius 2 is 1.78 bits per heavy atom. The molecule has 0 fully saturated rings. The number of hydrogen-bond donors (Lipinski definition) is 1. The van der Waals surface area contributed by atoms with Crippen molar-refractivity contribution in [2.24, 2.45) is 5.73 Å². The normalized spacial score (nSPS) is 11.8. The van der Waals surface area contributed by atoms with Gasteiger partial charge in [0.25, 0.3) is 0 Å². The smallest absolute Gasteiger partial charge is 0.307 e. The predicted octanol–water partition coefficient (Wildman–Crippen LogP) is 3.51. The molecular weight excluding hydrogens is 290 g/mol. The summed E-state index contributed by atoms with van der Waals surface area (Å²) >= 11 is 0. The number of carbonyl (C=O) groups excluding carboxylic acids is 2. The third kappa shape index (κ3) is 4.50. The molecule has 0 saturated heterocycles. The quantitative estimate of drug-likeness (QED) is 0.654. The Bertz CT molecular complexity index is 692. The lowest BCUT2D eigenvalue weighted by molar-refractivity contribution is -0.143. The molecule has 2 aromatic rings. The molecule has 0 amide bonds. The van der Waals surface area contributed by atoms with Crippen LogP contribution in [0.5, 0.6) is 0 Å². The van der Waals surface area contributed by atoms with Gasteiger partial charge in [0, 0.05) is 11.6 Å². The predicted molar refractivity (Wildman–Crippen MR) is 90.1 cm³/mol. The lowest BCUT2D eigenvalue weighted by Gasteiger charge is -2.13. The number of esters is 1. The van der Waals surface area contributed by atoms with E-state index < -0.39 is 6.04 Å². The van der Waals surface area contributed by atoms with Gasteiger partial charge in [0.05, 0.1) is 13.0 Å². The number of benzene rings is 2. The number of rotatable bonds is 6. The van der Waals surface area contributed by atoms with Crippen molar-refractivity contribution >= 4 is 11.8 Å². The minimum Gasteiger partial charge on any atom is -0.466 e. The molecule has 1 unspecified atom stereocenters. The first-order valence-electron chi connectivity index (χ1n) is 7.63. The summed E-state index contributed by atoms with van der Waals surface area (Å²) in [4.78, 5) is 22.9. The third-order valence-corrected chi connectivity index (χ3v) is 3.63. The van der Waals surface area contributed by atoms with Gasteiger partial charge >= 0.3 is 5.97 Å². The molecule has 0 aliphatic rings. The van der Waals surface area contributed by atoms with Crippen molar-refractivity contribution in [2.75, 3.05) is 6.61 Å². The molecule has 0 heterocycles. The molecule has 23 heavy (non-hydrogen) atoms. The van der Waals surface area contributed by atoms with Gasteiger partial charge in [-0.1, -0.05) is 42.5 Å². The molecule has 4 heteroatoms. The maximum absolute atomic E-state index is 11.5. The highest BCUT2D eigenvalue weighted by molar-refractivity contribution is 5.94. The van der Waals surface area contributed by atoms with E-state index in [2.05, 4.69) is 0 Å². The largest absolute Gasteiger partial charge is 0.466 e. The monoisotopic (exact) mass is 311 g/mol. The van der Waals surface area contributed by atoms with Crippen molar-refractivity contribution in [3.8, 4) is 11.1 Å². The average molecular weight is 311 g/mol. The molecule has 2 aromatic carbocycles. The van der Waals surface area contributed by atoms with Gasteiger partial charge in [-0.3, -0.25) is 9.59 Å². The maximum atomic E-state index is 11.5. The van der Waals surface area contributed by atoms with Gasteiger partial charge in [0.1, 0.15) is 0 Å². The second-order valence-electron chi connectivity index (χ2n) is 5.37. The van der Waals surface area contributed by atoms with Crippen molar-refractivity contribution in [1.82, 2.24) is 0 Å². The first kappa shape index (κ1) is 16.9. The Kier molecular flexibility index (Phi) is 5.66. The zero-order chi connectivity index (χ0) is 16.8. The SMILES string of the molecule is CCOC(=O)CC(N)c1cccc(-c2ccc(C(C)=O)cc2)c1. The van der Waals surface area contributed by atoms with Crippen LogP contribution >= 0.6 is 0 Å². The summed E-state index contributed by atoms with van der Waals surface area (Å²) in [5, 5.41) is 0. The van der Waals surface area contributed by atoms with Crippen molar-refractivity contribution in [3.05, 3.63) is 59.7 Å². The van der Waals surface area contributed by atoms with Crippen LogP contribution in [0, 0.1) is 0 Å². The van der Waals surface area contributed by atoms with Crippen LogP contribution in [0.1, 0.15) is 42.2 Å². The van der Waals surface area contributed by atoms with Gasteiger partial charge in [0.15, 0.2) is 5.78 Å². The summed E-state index contributed by atoms with van der Waals surface area (Å²) in [6.45, 7) is 3.67. The second-order valence-corrected chi connectivity index (χ2v) is 5.37. The van der Waals surface area contributed by atoms with E-state index in [1.165, 1.54) is 0 Å². The van der Waals surface area contributed by atoms with Crippen molar-refractivity contribution in [2.45, 2.75) is 26.3 Å². The van der Waals surface area contributed by atoms with Gasteiger partial charge in [-0.2, -0.15) is 0 Å². The highest BCUT2D eigenvalue weighted by Crippen LogP contribution is 2.24. The number of ether oxygens (including phenoxy) is 1. The Labute approximate surface area is 136 Å². The van der Waals surface area contributed by atoms with E-state index in [-0.39, 0.29) is 18.2 Å². The molecule has 4 nitrogen and oxygen atoms in total.